The molecule has 0 bridgehead atoms. The normalized spacial score (nSPS) is 17.1. The summed E-state index contributed by atoms with van der Waals surface area (Å²) in [5.41, 5.74) is 5.49. The van der Waals surface area contributed by atoms with Gasteiger partial charge in [0, 0.05) is 12.2 Å². The van der Waals surface area contributed by atoms with E-state index in [9.17, 15) is 19.8 Å². The van der Waals surface area contributed by atoms with Crippen molar-refractivity contribution in [3.05, 3.63) is 88.6 Å². The van der Waals surface area contributed by atoms with Crippen molar-refractivity contribution in [1.82, 2.24) is 0 Å². The third-order valence-corrected chi connectivity index (χ3v) is 6.57. The maximum Gasteiger partial charge on any atom is 0.331 e. The van der Waals surface area contributed by atoms with Gasteiger partial charge >= 0.3 is 11.9 Å². The fraction of sp³-hybridized carbons (Fsp3) is 0.394. The number of carbonyl (C=O) groups is 2. The van der Waals surface area contributed by atoms with Crippen LogP contribution in [0.5, 0.6) is 11.5 Å². The summed E-state index contributed by atoms with van der Waals surface area (Å²) in [4.78, 5) is 24.0. The average molecular weight is 551 g/mol. The number of aliphatic hydroxyl groups is 1. The number of esters is 2. The number of methoxy groups -OCH3 is 1. The fourth-order valence-corrected chi connectivity index (χ4v) is 4.32. The maximum absolute atomic E-state index is 12.1. The van der Waals surface area contributed by atoms with Crippen LogP contribution in [0.2, 0.25) is 0 Å². The van der Waals surface area contributed by atoms with Gasteiger partial charge in [-0.15, -0.1) is 0 Å². The molecule has 1 unspecified atom stereocenters. The first-order valence-corrected chi connectivity index (χ1v) is 13.4. The highest BCUT2D eigenvalue weighted by Gasteiger charge is 2.26. The van der Waals surface area contributed by atoms with Crippen molar-refractivity contribution >= 4 is 18.0 Å². The average Bonchev–Trinajstić information content (AvgIpc) is 2.89. The van der Waals surface area contributed by atoms with Crippen LogP contribution in [0, 0.1) is 5.41 Å². The lowest BCUT2D eigenvalue weighted by atomic mass is 9.72. The quantitative estimate of drug-likeness (QED) is 0.177. The zero-order chi connectivity index (χ0) is 29.7. The number of rotatable bonds is 12. The van der Waals surface area contributed by atoms with Crippen LogP contribution in [0.4, 0.5) is 0 Å². The van der Waals surface area contributed by atoms with E-state index >= 15 is 0 Å². The SMILES string of the molecule is COc1cc(/C=C/C(=O)OCC(O)COC(=O)C=C(C)C=CC=C(C)C=CC2=C(C)CCCC2(C)C)ccc1O. The Morgan fingerprint density at radius 2 is 1.73 bits per heavy atom. The predicted octanol–water partition coefficient (Wildman–Crippen LogP) is 6.39. The molecule has 0 amide bonds. The molecule has 0 radical (unpaired) electrons. The highest BCUT2D eigenvalue weighted by molar-refractivity contribution is 5.87. The molecule has 0 aliphatic heterocycles. The van der Waals surface area contributed by atoms with Gasteiger partial charge in [0.1, 0.15) is 19.3 Å². The Labute approximate surface area is 237 Å². The number of allylic oxidation sites excluding steroid dienone is 9. The molecule has 1 aliphatic carbocycles. The van der Waals surface area contributed by atoms with Crippen LogP contribution in [0.15, 0.2) is 83.0 Å². The van der Waals surface area contributed by atoms with Gasteiger partial charge < -0.3 is 24.4 Å². The molecule has 1 atom stereocenters. The highest BCUT2D eigenvalue weighted by Crippen LogP contribution is 2.40. The van der Waals surface area contributed by atoms with E-state index in [4.69, 9.17) is 14.2 Å². The fourth-order valence-electron chi connectivity index (χ4n) is 4.32. The van der Waals surface area contributed by atoms with Gasteiger partial charge in [0.05, 0.1) is 7.11 Å². The molecule has 2 rings (SSSR count). The lowest BCUT2D eigenvalue weighted by Crippen LogP contribution is -2.24. The van der Waals surface area contributed by atoms with Crippen molar-refractivity contribution in [1.29, 1.82) is 0 Å². The maximum atomic E-state index is 12.1. The van der Waals surface area contributed by atoms with Gasteiger partial charge in [0.15, 0.2) is 11.5 Å². The number of hydrogen-bond acceptors (Lipinski definition) is 7. The van der Waals surface area contributed by atoms with Crippen molar-refractivity contribution in [2.24, 2.45) is 5.41 Å². The first-order chi connectivity index (χ1) is 18.9. The number of benzene rings is 1. The minimum absolute atomic E-state index is 0.0112. The standard InChI is InChI=1S/C33H42O7/c1-23(12-15-28-25(3)11-8-18-33(28,4)5)9-7-10-24(2)19-32(37)40-22-27(34)21-39-31(36)17-14-26-13-16-29(35)30(20-26)38-6/h7,9-10,12-17,19-20,27,34-35H,8,11,18,21-22H2,1-6H3/b10-7?,15-12?,17-14+,23-9?,24-19?. The Morgan fingerprint density at radius 3 is 2.40 bits per heavy atom. The molecule has 40 heavy (non-hydrogen) atoms. The molecule has 0 fully saturated rings. The Bertz CT molecular complexity index is 1230. The second kappa shape index (κ2) is 15.7. The van der Waals surface area contributed by atoms with Crippen molar-refractivity contribution in [3.8, 4) is 11.5 Å². The topological polar surface area (TPSA) is 102 Å². The smallest absolute Gasteiger partial charge is 0.331 e. The monoisotopic (exact) mass is 550 g/mol. The van der Waals surface area contributed by atoms with E-state index in [-0.39, 0.29) is 30.1 Å². The molecule has 7 heteroatoms. The van der Waals surface area contributed by atoms with Crippen LogP contribution in [-0.2, 0) is 19.1 Å². The summed E-state index contributed by atoms with van der Waals surface area (Å²) in [6.07, 6.45) is 16.5. The lowest BCUT2D eigenvalue weighted by molar-refractivity contribution is -0.146. The Kier molecular flexibility index (Phi) is 12.7. The Balaban J connectivity index is 1.76. The molecule has 0 spiro atoms. The van der Waals surface area contributed by atoms with Crippen molar-refractivity contribution < 1.29 is 34.0 Å². The molecule has 1 aliphatic rings. The van der Waals surface area contributed by atoms with Gasteiger partial charge in [-0.3, -0.25) is 0 Å². The number of aliphatic hydroxyl groups excluding tert-OH is 1. The summed E-state index contributed by atoms with van der Waals surface area (Å²) in [5, 5.41) is 19.6. The van der Waals surface area contributed by atoms with E-state index in [1.54, 1.807) is 19.1 Å². The van der Waals surface area contributed by atoms with Gasteiger partial charge in [-0.2, -0.15) is 0 Å². The van der Waals surface area contributed by atoms with Crippen LogP contribution < -0.4 is 4.74 Å². The molecule has 1 aromatic carbocycles. The zero-order valence-electron chi connectivity index (χ0n) is 24.4. The molecule has 0 heterocycles. The summed E-state index contributed by atoms with van der Waals surface area (Å²) in [7, 11) is 1.42. The second-order valence-electron chi connectivity index (χ2n) is 10.6. The summed E-state index contributed by atoms with van der Waals surface area (Å²) in [5.74, 6) is -1.01. The van der Waals surface area contributed by atoms with Crippen LogP contribution in [-0.4, -0.2) is 48.6 Å². The highest BCUT2D eigenvalue weighted by atomic mass is 16.6. The van der Waals surface area contributed by atoms with Crippen molar-refractivity contribution in [3.63, 3.8) is 0 Å². The Morgan fingerprint density at radius 1 is 1.02 bits per heavy atom. The van der Waals surface area contributed by atoms with Crippen LogP contribution in [0.25, 0.3) is 6.08 Å². The molecule has 216 valence electrons. The molecule has 0 aromatic heterocycles. The first kappa shape index (κ1) is 32.4. The van der Waals surface area contributed by atoms with Crippen molar-refractivity contribution in [2.45, 2.75) is 60.0 Å². The second-order valence-corrected chi connectivity index (χ2v) is 10.6. The van der Waals surface area contributed by atoms with Gasteiger partial charge in [-0.05, 0) is 80.4 Å². The zero-order valence-corrected chi connectivity index (χ0v) is 24.4. The van der Waals surface area contributed by atoms with E-state index in [0.29, 0.717) is 11.1 Å². The lowest BCUT2D eigenvalue weighted by Gasteiger charge is -2.32. The van der Waals surface area contributed by atoms with E-state index in [0.717, 1.165) is 12.0 Å². The van der Waals surface area contributed by atoms with E-state index in [2.05, 4.69) is 32.9 Å². The first-order valence-electron chi connectivity index (χ1n) is 13.4. The van der Waals surface area contributed by atoms with Gasteiger partial charge in [-0.1, -0.05) is 61.4 Å². The molecule has 0 saturated heterocycles. The summed E-state index contributed by atoms with van der Waals surface area (Å²) >= 11 is 0. The third-order valence-electron chi connectivity index (χ3n) is 6.57. The van der Waals surface area contributed by atoms with E-state index in [1.165, 1.54) is 55.4 Å². The number of phenols is 1. The largest absolute Gasteiger partial charge is 0.504 e. The number of aromatic hydroxyl groups is 1. The summed E-state index contributed by atoms with van der Waals surface area (Å²) in [6.45, 7) is 9.98. The number of ether oxygens (including phenoxy) is 3. The summed E-state index contributed by atoms with van der Waals surface area (Å²) in [6, 6.07) is 4.61. The van der Waals surface area contributed by atoms with Crippen LogP contribution in [0.3, 0.4) is 0 Å². The molecular formula is C33H42O7. The third kappa shape index (κ3) is 11.1. The van der Waals surface area contributed by atoms with Crippen molar-refractivity contribution in [2.75, 3.05) is 20.3 Å². The number of phenolic OH excluding ortho intramolecular Hbond substituents is 1. The molecule has 7 nitrogen and oxygen atoms in total. The molecule has 0 saturated carbocycles. The van der Waals surface area contributed by atoms with E-state index in [1.807, 2.05) is 25.2 Å². The van der Waals surface area contributed by atoms with Crippen LogP contribution in [0.1, 0.15) is 59.4 Å². The Hall–Kier alpha value is -3.84. The number of hydrogen-bond donors (Lipinski definition) is 2. The summed E-state index contributed by atoms with van der Waals surface area (Å²) < 4.78 is 15.1. The molecule has 2 N–H and O–H groups in total. The van der Waals surface area contributed by atoms with Gasteiger partial charge in [0.25, 0.3) is 0 Å². The van der Waals surface area contributed by atoms with Crippen LogP contribution >= 0.6 is 0 Å². The van der Waals surface area contributed by atoms with E-state index < -0.39 is 18.0 Å². The molecular weight excluding hydrogens is 508 g/mol. The van der Waals surface area contributed by atoms with Gasteiger partial charge in [-0.25, -0.2) is 9.59 Å². The van der Waals surface area contributed by atoms with Gasteiger partial charge in [0.2, 0.25) is 0 Å². The minimum Gasteiger partial charge on any atom is -0.504 e. The number of carbonyl (C=O) groups excluding carboxylic acids is 2. The minimum atomic E-state index is -1.16. The molecule has 1 aromatic rings. The predicted molar refractivity (Wildman–Crippen MR) is 158 cm³/mol.